The summed E-state index contributed by atoms with van der Waals surface area (Å²) in [5, 5.41) is 11.4. The van der Waals surface area contributed by atoms with Crippen molar-refractivity contribution in [3.05, 3.63) is 54.1 Å². The molecule has 0 radical (unpaired) electrons. The third-order valence-corrected chi connectivity index (χ3v) is 6.13. The Kier molecular flexibility index (Phi) is 5.95. The van der Waals surface area contributed by atoms with E-state index in [-0.39, 0.29) is 12.8 Å². The Hall–Kier alpha value is -2.06. The molecule has 1 saturated carbocycles. The summed E-state index contributed by atoms with van der Waals surface area (Å²) in [5.74, 6) is 0. The Balaban J connectivity index is 2.06. The summed E-state index contributed by atoms with van der Waals surface area (Å²) in [6, 6.07) is 10.7. The predicted molar refractivity (Wildman–Crippen MR) is 106 cm³/mol. The van der Waals surface area contributed by atoms with Crippen molar-refractivity contribution in [2.24, 2.45) is 0 Å². The van der Waals surface area contributed by atoms with Crippen LogP contribution in [0.15, 0.2) is 43.0 Å². The van der Waals surface area contributed by atoms with Crippen LogP contribution in [0.1, 0.15) is 50.7 Å². The molecule has 8 heteroatoms. The van der Waals surface area contributed by atoms with E-state index < -0.39 is 29.7 Å². The fourth-order valence-electron chi connectivity index (χ4n) is 4.41. The van der Waals surface area contributed by atoms with Crippen LogP contribution in [-0.4, -0.2) is 29.2 Å². The van der Waals surface area contributed by atoms with Gasteiger partial charge >= 0.3 is 12.4 Å². The van der Waals surface area contributed by atoms with Crippen LogP contribution in [0.25, 0.3) is 16.3 Å². The first-order valence-corrected chi connectivity index (χ1v) is 9.96. The molecule has 0 saturated heterocycles. The van der Waals surface area contributed by atoms with Gasteiger partial charge in [-0.1, -0.05) is 55.3 Å². The lowest BCUT2D eigenvalue weighted by Crippen LogP contribution is -2.65. The van der Waals surface area contributed by atoms with Gasteiger partial charge in [0.2, 0.25) is 0 Å². The van der Waals surface area contributed by atoms with Gasteiger partial charge in [0.05, 0.1) is 5.60 Å². The highest BCUT2D eigenvalue weighted by atomic mass is 19.4. The van der Waals surface area contributed by atoms with E-state index in [1.54, 1.807) is 18.2 Å². The van der Waals surface area contributed by atoms with E-state index >= 15 is 0 Å². The van der Waals surface area contributed by atoms with Crippen LogP contribution in [0.3, 0.4) is 0 Å². The molecule has 1 atom stereocenters. The number of fused-ring (bicyclic) bond motifs is 1. The molecule has 1 unspecified atom stereocenters. The van der Waals surface area contributed by atoms with Crippen LogP contribution in [-0.2, 0) is 10.3 Å². The molecule has 1 aliphatic rings. The monoisotopic (exact) mass is 446 g/mol. The summed E-state index contributed by atoms with van der Waals surface area (Å²) >= 11 is 0. The van der Waals surface area contributed by atoms with Crippen molar-refractivity contribution in [3.63, 3.8) is 0 Å². The largest absolute Gasteiger partial charge is 0.428 e. The Bertz CT molecular complexity index is 956. The van der Waals surface area contributed by atoms with Crippen LogP contribution in [0.5, 0.6) is 0 Å². The molecule has 2 nitrogen and oxygen atoms in total. The number of rotatable bonds is 5. The SMILES string of the molecule is C=C(C)c1cccc2cc(C3(OC(C)C(O)(C(F)(F)F)C(F)(F)F)CCCC3)ccc12. The number of allylic oxidation sites excluding steroid dienone is 1. The number of hydrogen-bond donors (Lipinski definition) is 1. The number of benzene rings is 2. The predicted octanol–water partition coefficient (Wildman–Crippen LogP) is 6.90. The molecule has 0 heterocycles. The molecule has 2 aromatic carbocycles. The number of ether oxygens (including phenoxy) is 1. The number of hydrogen-bond acceptors (Lipinski definition) is 2. The smallest absolute Gasteiger partial charge is 0.372 e. The van der Waals surface area contributed by atoms with Gasteiger partial charge in [0, 0.05) is 0 Å². The summed E-state index contributed by atoms with van der Waals surface area (Å²) in [6.45, 7) is 6.41. The molecular formula is C23H24F6O2. The fourth-order valence-corrected chi connectivity index (χ4v) is 4.41. The van der Waals surface area contributed by atoms with E-state index in [9.17, 15) is 31.4 Å². The number of aliphatic hydroxyl groups is 1. The van der Waals surface area contributed by atoms with Crippen molar-refractivity contribution in [1.29, 1.82) is 0 Å². The van der Waals surface area contributed by atoms with Gasteiger partial charge < -0.3 is 9.84 Å². The van der Waals surface area contributed by atoms with Crippen LogP contribution in [0.2, 0.25) is 0 Å². The van der Waals surface area contributed by atoms with Gasteiger partial charge in [0.25, 0.3) is 5.60 Å². The lowest BCUT2D eigenvalue weighted by molar-refractivity contribution is -0.399. The minimum atomic E-state index is -5.94. The van der Waals surface area contributed by atoms with Gasteiger partial charge in [-0.2, -0.15) is 26.3 Å². The highest BCUT2D eigenvalue weighted by Gasteiger charge is 2.74. The van der Waals surface area contributed by atoms with Gasteiger partial charge in [0.15, 0.2) is 0 Å². The summed E-state index contributed by atoms with van der Waals surface area (Å²) in [7, 11) is 0. The molecule has 0 amide bonds. The summed E-state index contributed by atoms with van der Waals surface area (Å²) in [6.07, 6.45) is -12.7. The molecule has 1 aliphatic carbocycles. The number of halogens is 6. The Labute approximate surface area is 176 Å². The molecule has 170 valence electrons. The Morgan fingerprint density at radius 2 is 1.61 bits per heavy atom. The summed E-state index contributed by atoms with van der Waals surface area (Å²) in [4.78, 5) is 0. The Morgan fingerprint density at radius 3 is 2.13 bits per heavy atom. The molecule has 3 rings (SSSR count). The van der Waals surface area contributed by atoms with Gasteiger partial charge in [0.1, 0.15) is 6.10 Å². The first-order chi connectivity index (χ1) is 14.2. The molecule has 31 heavy (non-hydrogen) atoms. The molecule has 0 spiro atoms. The summed E-state index contributed by atoms with van der Waals surface area (Å²) in [5.41, 5.74) is -4.09. The van der Waals surface area contributed by atoms with Crippen LogP contribution >= 0.6 is 0 Å². The first kappa shape index (κ1) is 23.6. The van der Waals surface area contributed by atoms with E-state index in [0.717, 1.165) is 21.9 Å². The van der Waals surface area contributed by atoms with E-state index in [2.05, 4.69) is 6.58 Å². The number of alkyl halides is 6. The van der Waals surface area contributed by atoms with Crippen molar-refractivity contribution in [2.75, 3.05) is 0 Å². The molecule has 0 aliphatic heterocycles. The molecule has 0 aromatic heterocycles. The van der Waals surface area contributed by atoms with Gasteiger partial charge in [-0.25, -0.2) is 0 Å². The highest BCUT2D eigenvalue weighted by Crippen LogP contribution is 2.50. The zero-order valence-electron chi connectivity index (χ0n) is 17.2. The molecular weight excluding hydrogens is 422 g/mol. The first-order valence-electron chi connectivity index (χ1n) is 9.96. The third-order valence-electron chi connectivity index (χ3n) is 6.13. The maximum Gasteiger partial charge on any atom is 0.428 e. The van der Waals surface area contributed by atoms with Crippen molar-refractivity contribution >= 4 is 16.3 Å². The maximum absolute atomic E-state index is 13.3. The zero-order chi connectivity index (χ0) is 23.2. The fraction of sp³-hybridized carbons (Fsp3) is 0.478. The van der Waals surface area contributed by atoms with Gasteiger partial charge in [-0.05, 0) is 54.7 Å². The molecule has 1 fully saturated rings. The van der Waals surface area contributed by atoms with Crippen LogP contribution < -0.4 is 0 Å². The lowest BCUT2D eigenvalue weighted by atomic mass is 9.87. The minimum Gasteiger partial charge on any atom is -0.372 e. The summed E-state index contributed by atoms with van der Waals surface area (Å²) < 4.78 is 85.5. The minimum absolute atomic E-state index is 0.259. The molecule has 2 aromatic rings. The van der Waals surface area contributed by atoms with Crippen molar-refractivity contribution in [2.45, 2.75) is 69.2 Å². The second-order valence-corrected chi connectivity index (χ2v) is 8.25. The zero-order valence-corrected chi connectivity index (χ0v) is 17.2. The molecule has 0 bridgehead atoms. The topological polar surface area (TPSA) is 29.5 Å². The lowest BCUT2D eigenvalue weighted by Gasteiger charge is -2.42. The van der Waals surface area contributed by atoms with Crippen LogP contribution in [0.4, 0.5) is 26.3 Å². The van der Waals surface area contributed by atoms with Crippen molar-refractivity contribution in [3.8, 4) is 0 Å². The van der Waals surface area contributed by atoms with Crippen molar-refractivity contribution in [1.82, 2.24) is 0 Å². The van der Waals surface area contributed by atoms with E-state index in [1.165, 1.54) is 0 Å². The third kappa shape index (κ3) is 3.96. The van der Waals surface area contributed by atoms with E-state index in [1.807, 2.05) is 25.1 Å². The van der Waals surface area contributed by atoms with Gasteiger partial charge in [-0.15, -0.1) is 0 Å². The molecule has 1 N–H and O–H groups in total. The second kappa shape index (κ2) is 7.81. The van der Waals surface area contributed by atoms with E-state index in [4.69, 9.17) is 4.74 Å². The second-order valence-electron chi connectivity index (χ2n) is 8.25. The van der Waals surface area contributed by atoms with Crippen LogP contribution in [0, 0.1) is 0 Å². The highest BCUT2D eigenvalue weighted by molar-refractivity contribution is 5.93. The Morgan fingerprint density at radius 1 is 1.03 bits per heavy atom. The maximum atomic E-state index is 13.3. The normalized spacial score (nSPS) is 18.4. The average molecular weight is 446 g/mol. The van der Waals surface area contributed by atoms with Gasteiger partial charge in [-0.3, -0.25) is 0 Å². The average Bonchev–Trinajstić information content (AvgIpc) is 3.14. The van der Waals surface area contributed by atoms with Crippen molar-refractivity contribution < 1.29 is 36.2 Å². The quantitative estimate of drug-likeness (QED) is 0.506. The standard InChI is InChI=1S/C23H24F6O2/c1-14(2)18-8-6-7-16-13-17(9-10-19(16)18)20(11-4-5-12-20)31-15(3)21(30,22(24,25)26)23(27,28)29/h6-10,13,15,30H,1,4-5,11-12H2,2-3H3. The van der Waals surface area contributed by atoms with E-state index in [0.29, 0.717) is 25.3 Å².